The van der Waals surface area contributed by atoms with Gasteiger partial charge in [0, 0.05) is 23.9 Å². The van der Waals surface area contributed by atoms with E-state index in [2.05, 4.69) is 11.1 Å². The van der Waals surface area contributed by atoms with E-state index in [4.69, 9.17) is 0 Å². The number of benzene rings is 2. The summed E-state index contributed by atoms with van der Waals surface area (Å²) in [5.74, 6) is -0.0888. The van der Waals surface area contributed by atoms with Gasteiger partial charge in [0.05, 0.1) is 12.0 Å². The third-order valence-corrected chi connectivity index (χ3v) is 4.94. The molecule has 1 amide bonds. The number of amides is 1. The number of nitrogens with zero attached hydrogens (tertiary/aromatic N) is 3. The fraction of sp³-hybridized carbons (Fsp3) is 0.227. The SMILES string of the molecule is Cc1ccc(-c2cc(=O)n(CC(=O)N3CCCc4ccccc43)cn2)cc1. The fourth-order valence-electron chi connectivity index (χ4n) is 3.45. The smallest absolute Gasteiger partial charge is 0.254 e. The van der Waals surface area contributed by atoms with Gasteiger partial charge in [-0.25, -0.2) is 4.98 Å². The van der Waals surface area contributed by atoms with Crippen molar-refractivity contribution >= 4 is 11.6 Å². The second-order valence-electron chi connectivity index (χ2n) is 6.88. The minimum atomic E-state index is -0.223. The minimum absolute atomic E-state index is 0.00561. The molecule has 0 radical (unpaired) electrons. The van der Waals surface area contributed by atoms with Crippen LogP contribution in [0.5, 0.6) is 0 Å². The van der Waals surface area contributed by atoms with Crippen molar-refractivity contribution < 1.29 is 4.79 Å². The average molecular weight is 359 g/mol. The molecule has 1 aliphatic rings. The van der Waals surface area contributed by atoms with E-state index in [1.165, 1.54) is 22.5 Å². The number of rotatable bonds is 3. The van der Waals surface area contributed by atoms with Crippen LogP contribution in [0.4, 0.5) is 5.69 Å². The summed E-state index contributed by atoms with van der Waals surface area (Å²) in [4.78, 5) is 31.5. The Bertz CT molecular complexity index is 1040. The molecular weight excluding hydrogens is 338 g/mol. The zero-order valence-corrected chi connectivity index (χ0v) is 15.3. The van der Waals surface area contributed by atoms with Crippen LogP contribution in [0.1, 0.15) is 17.5 Å². The number of aromatic nitrogens is 2. The Morgan fingerprint density at radius 3 is 2.67 bits per heavy atom. The highest BCUT2D eigenvalue weighted by Crippen LogP contribution is 2.26. The fourth-order valence-corrected chi connectivity index (χ4v) is 3.45. The van der Waals surface area contributed by atoms with Gasteiger partial charge in [0.1, 0.15) is 6.54 Å². The van der Waals surface area contributed by atoms with Crippen LogP contribution in [0.25, 0.3) is 11.3 Å². The summed E-state index contributed by atoms with van der Waals surface area (Å²) >= 11 is 0. The third kappa shape index (κ3) is 3.53. The minimum Gasteiger partial charge on any atom is -0.311 e. The second-order valence-corrected chi connectivity index (χ2v) is 6.88. The Balaban J connectivity index is 1.56. The highest BCUT2D eigenvalue weighted by Gasteiger charge is 2.22. The summed E-state index contributed by atoms with van der Waals surface area (Å²) in [6.07, 6.45) is 3.38. The molecule has 5 heteroatoms. The van der Waals surface area contributed by atoms with Gasteiger partial charge < -0.3 is 4.90 Å². The molecule has 0 saturated carbocycles. The molecular formula is C22H21N3O2. The number of hydrogen-bond donors (Lipinski definition) is 0. The third-order valence-electron chi connectivity index (χ3n) is 4.94. The molecule has 136 valence electrons. The highest BCUT2D eigenvalue weighted by molar-refractivity contribution is 5.94. The number of aryl methyl sites for hydroxylation is 2. The summed E-state index contributed by atoms with van der Waals surface area (Å²) < 4.78 is 1.37. The first kappa shape index (κ1) is 17.2. The molecule has 5 nitrogen and oxygen atoms in total. The number of para-hydroxylation sites is 1. The van der Waals surface area contributed by atoms with Gasteiger partial charge in [0.25, 0.3) is 5.56 Å². The normalized spacial score (nSPS) is 13.3. The van der Waals surface area contributed by atoms with Gasteiger partial charge in [0.15, 0.2) is 0 Å². The van der Waals surface area contributed by atoms with E-state index in [-0.39, 0.29) is 18.0 Å². The van der Waals surface area contributed by atoms with Crippen LogP contribution in [0.15, 0.2) is 65.7 Å². The number of hydrogen-bond acceptors (Lipinski definition) is 3. The maximum absolute atomic E-state index is 12.8. The van der Waals surface area contributed by atoms with Crippen LogP contribution < -0.4 is 10.5 Å². The van der Waals surface area contributed by atoms with E-state index in [9.17, 15) is 9.59 Å². The molecule has 0 unspecified atom stereocenters. The van der Waals surface area contributed by atoms with Crippen molar-refractivity contribution in [2.45, 2.75) is 26.3 Å². The van der Waals surface area contributed by atoms with Crippen LogP contribution in [0, 0.1) is 6.92 Å². The first-order chi connectivity index (χ1) is 13.1. The van der Waals surface area contributed by atoms with Gasteiger partial charge in [-0.15, -0.1) is 0 Å². The lowest BCUT2D eigenvalue weighted by Crippen LogP contribution is -2.39. The van der Waals surface area contributed by atoms with E-state index in [1.54, 1.807) is 4.90 Å². The molecule has 0 fully saturated rings. The first-order valence-electron chi connectivity index (χ1n) is 9.13. The van der Waals surface area contributed by atoms with Crippen LogP contribution in [-0.4, -0.2) is 22.0 Å². The quantitative estimate of drug-likeness (QED) is 0.722. The standard InChI is InChI=1S/C22H21N3O2/c1-16-8-10-17(11-9-16)19-13-21(26)24(15-23-19)14-22(27)25-12-4-6-18-5-2-3-7-20(18)25/h2-3,5,7-11,13,15H,4,6,12,14H2,1H3. The first-order valence-corrected chi connectivity index (χ1v) is 9.13. The number of carbonyl (C=O) groups excluding carboxylic acids is 1. The van der Waals surface area contributed by atoms with E-state index >= 15 is 0 Å². The van der Waals surface area contributed by atoms with Crippen LogP contribution >= 0.6 is 0 Å². The Morgan fingerprint density at radius 1 is 1.11 bits per heavy atom. The molecule has 3 aromatic rings. The lowest BCUT2D eigenvalue weighted by Gasteiger charge is -2.29. The zero-order valence-electron chi connectivity index (χ0n) is 15.3. The number of carbonyl (C=O) groups is 1. The summed E-state index contributed by atoms with van der Waals surface area (Å²) in [5.41, 5.74) is 4.56. The summed E-state index contributed by atoms with van der Waals surface area (Å²) in [6.45, 7) is 2.69. The van der Waals surface area contributed by atoms with Gasteiger partial charge in [-0.1, -0.05) is 48.0 Å². The van der Waals surface area contributed by atoms with Crippen LogP contribution in [0.3, 0.4) is 0 Å². The largest absolute Gasteiger partial charge is 0.311 e. The van der Waals surface area contributed by atoms with Gasteiger partial charge >= 0.3 is 0 Å². The summed E-state index contributed by atoms with van der Waals surface area (Å²) in [6, 6.07) is 17.3. The van der Waals surface area contributed by atoms with Gasteiger partial charge in [-0.3, -0.25) is 14.2 Å². The summed E-state index contributed by atoms with van der Waals surface area (Å²) in [5, 5.41) is 0. The molecule has 2 heterocycles. The molecule has 27 heavy (non-hydrogen) atoms. The summed E-state index contributed by atoms with van der Waals surface area (Å²) in [7, 11) is 0. The van der Waals surface area contributed by atoms with Crippen molar-refractivity contribution in [1.29, 1.82) is 0 Å². The van der Waals surface area contributed by atoms with Crippen LogP contribution in [-0.2, 0) is 17.8 Å². The maximum Gasteiger partial charge on any atom is 0.254 e. The van der Waals surface area contributed by atoms with E-state index in [0.29, 0.717) is 12.2 Å². The van der Waals surface area contributed by atoms with E-state index in [0.717, 1.165) is 29.7 Å². The molecule has 4 rings (SSSR count). The Kier molecular flexibility index (Phi) is 4.59. The van der Waals surface area contributed by atoms with Gasteiger partial charge in [-0.05, 0) is 31.4 Å². The van der Waals surface area contributed by atoms with Crippen molar-refractivity contribution in [3.05, 3.63) is 82.4 Å². The van der Waals surface area contributed by atoms with Gasteiger partial charge in [-0.2, -0.15) is 0 Å². The molecule has 0 spiro atoms. The number of fused-ring (bicyclic) bond motifs is 1. The molecule has 0 aliphatic carbocycles. The molecule has 0 bridgehead atoms. The number of anilines is 1. The Hall–Kier alpha value is -3.21. The monoisotopic (exact) mass is 359 g/mol. The second kappa shape index (κ2) is 7.19. The van der Waals surface area contributed by atoms with Crippen molar-refractivity contribution in [3.63, 3.8) is 0 Å². The molecule has 1 aromatic heterocycles. The molecule has 2 aromatic carbocycles. The van der Waals surface area contributed by atoms with Crippen LogP contribution in [0.2, 0.25) is 0 Å². The predicted octanol–water partition coefficient (Wildman–Crippen LogP) is 3.20. The van der Waals surface area contributed by atoms with Gasteiger partial charge in [0.2, 0.25) is 5.91 Å². The van der Waals surface area contributed by atoms with E-state index < -0.39 is 0 Å². The topological polar surface area (TPSA) is 55.2 Å². The molecule has 0 atom stereocenters. The Morgan fingerprint density at radius 2 is 1.89 bits per heavy atom. The average Bonchev–Trinajstić information content (AvgIpc) is 2.69. The predicted molar refractivity (Wildman–Crippen MR) is 106 cm³/mol. The van der Waals surface area contributed by atoms with E-state index in [1.807, 2.05) is 49.4 Å². The maximum atomic E-state index is 12.8. The Labute approximate surface area is 157 Å². The molecule has 0 N–H and O–H groups in total. The van der Waals surface area contributed by atoms with Crippen molar-refractivity contribution in [1.82, 2.24) is 9.55 Å². The van der Waals surface area contributed by atoms with Crippen molar-refractivity contribution in [2.24, 2.45) is 0 Å². The van der Waals surface area contributed by atoms with Crippen molar-refractivity contribution in [3.8, 4) is 11.3 Å². The lowest BCUT2D eigenvalue weighted by molar-refractivity contribution is -0.119. The molecule has 1 aliphatic heterocycles. The zero-order chi connectivity index (χ0) is 18.8. The molecule has 0 saturated heterocycles. The van der Waals surface area contributed by atoms with Crippen molar-refractivity contribution in [2.75, 3.05) is 11.4 Å². The highest BCUT2D eigenvalue weighted by atomic mass is 16.2. The lowest BCUT2D eigenvalue weighted by atomic mass is 10.0.